The second-order valence-corrected chi connectivity index (χ2v) is 12.4. The first-order valence-corrected chi connectivity index (χ1v) is 13.5. The third-order valence-electron chi connectivity index (χ3n) is 5.33. The molecule has 0 spiro atoms. The molecule has 10 nitrogen and oxygen atoms in total. The highest BCUT2D eigenvalue weighted by molar-refractivity contribution is 7.88. The van der Waals surface area contributed by atoms with Crippen LogP contribution < -0.4 is 9.62 Å². The van der Waals surface area contributed by atoms with Crippen LogP contribution in [0.25, 0.3) is 0 Å². The van der Waals surface area contributed by atoms with Crippen LogP contribution in [0.1, 0.15) is 31.6 Å². The van der Waals surface area contributed by atoms with Crippen molar-refractivity contribution in [3.05, 3.63) is 11.1 Å². The molecule has 0 aromatic carbocycles. The largest absolute Gasteiger partial charge is 0.283 e. The Hall–Kier alpha value is -1.12. The summed E-state index contributed by atoms with van der Waals surface area (Å²) in [7, 11) is -5.41. The highest BCUT2D eigenvalue weighted by Crippen LogP contribution is 2.41. The molecule has 0 aliphatic carbocycles. The van der Waals surface area contributed by atoms with Gasteiger partial charge in [-0.1, -0.05) is 13.8 Å². The molecule has 0 radical (unpaired) electrons. The first-order valence-electron chi connectivity index (χ1n) is 9.43. The fourth-order valence-electron chi connectivity index (χ4n) is 3.97. The maximum Gasteiger partial charge on any atom is 0.282 e. The molecule has 0 saturated carbocycles. The van der Waals surface area contributed by atoms with Crippen molar-refractivity contribution in [3.63, 3.8) is 0 Å². The molecule has 3 rings (SSSR count). The number of hydrogen-bond acceptors (Lipinski definition) is 7. The zero-order chi connectivity index (χ0) is 21.6. The number of sulfonamides is 1. The molecular formula is C16H27N5O5S3. The molecule has 2 aliphatic rings. The Kier molecular flexibility index (Phi) is 6.37. The average Bonchev–Trinajstić information content (AvgIpc) is 3.31. The van der Waals surface area contributed by atoms with E-state index >= 15 is 0 Å². The quantitative estimate of drug-likeness (QED) is 0.586. The maximum atomic E-state index is 13.0. The number of hydrogen-bond donors (Lipinski definition) is 1. The lowest BCUT2D eigenvalue weighted by Gasteiger charge is -2.29. The van der Waals surface area contributed by atoms with Crippen LogP contribution >= 0.6 is 11.3 Å². The summed E-state index contributed by atoms with van der Waals surface area (Å²) in [6.07, 6.45) is 3.87. The summed E-state index contributed by atoms with van der Waals surface area (Å²) in [5.74, 6) is -0.635. The predicted octanol–water partition coefficient (Wildman–Crippen LogP) is 0.205. The van der Waals surface area contributed by atoms with E-state index in [0.717, 1.165) is 6.26 Å². The van der Waals surface area contributed by atoms with Gasteiger partial charge < -0.3 is 0 Å². The van der Waals surface area contributed by atoms with E-state index < -0.39 is 32.2 Å². The van der Waals surface area contributed by atoms with Crippen molar-refractivity contribution in [2.24, 2.45) is 5.92 Å². The molecule has 3 heterocycles. The second-order valence-electron chi connectivity index (χ2n) is 7.49. The topological polar surface area (TPSA) is 120 Å². The zero-order valence-electron chi connectivity index (χ0n) is 16.9. The molecule has 1 aromatic rings. The van der Waals surface area contributed by atoms with Gasteiger partial charge in [0.15, 0.2) is 5.13 Å². The van der Waals surface area contributed by atoms with Gasteiger partial charge in [0.1, 0.15) is 0 Å². The number of anilines is 1. The number of rotatable bonds is 8. The molecule has 1 amide bonds. The Morgan fingerprint density at radius 1 is 1.34 bits per heavy atom. The lowest BCUT2D eigenvalue weighted by molar-refractivity contribution is -0.120. The van der Waals surface area contributed by atoms with Gasteiger partial charge in [0, 0.05) is 37.8 Å². The minimum atomic E-state index is -3.64. The van der Waals surface area contributed by atoms with E-state index in [1.807, 2.05) is 6.92 Å². The summed E-state index contributed by atoms with van der Waals surface area (Å²) in [5.41, 5.74) is 0. The second kappa shape index (κ2) is 8.19. The van der Waals surface area contributed by atoms with Gasteiger partial charge in [-0.2, -0.15) is 17.0 Å². The van der Waals surface area contributed by atoms with Gasteiger partial charge in [-0.25, -0.2) is 18.1 Å². The van der Waals surface area contributed by atoms with E-state index in [2.05, 4.69) is 9.71 Å². The van der Waals surface area contributed by atoms with E-state index in [-0.39, 0.29) is 18.5 Å². The maximum absolute atomic E-state index is 13.0. The number of nitrogens with one attached hydrogen (secondary N) is 1. The fraction of sp³-hybridized carbons (Fsp3) is 0.750. The van der Waals surface area contributed by atoms with Crippen molar-refractivity contribution in [2.75, 3.05) is 31.3 Å². The molecule has 29 heavy (non-hydrogen) atoms. The summed E-state index contributed by atoms with van der Waals surface area (Å²) in [6, 6.07) is -0.711. The third kappa shape index (κ3) is 4.35. The minimum Gasteiger partial charge on any atom is -0.283 e. The number of carbonyl (C=O) groups excluding carboxylic acids is 1. The van der Waals surface area contributed by atoms with Crippen LogP contribution in [0.15, 0.2) is 6.20 Å². The van der Waals surface area contributed by atoms with Gasteiger partial charge in [-0.05, 0) is 12.8 Å². The first kappa shape index (κ1) is 22.6. The molecule has 1 N–H and O–H groups in total. The first-order chi connectivity index (χ1) is 13.5. The van der Waals surface area contributed by atoms with Crippen LogP contribution in [0.5, 0.6) is 0 Å². The number of thiazole rings is 1. The predicted molar refractivity (Wildman–Crippen MR) is 111 cm³/mol. The average molecular weight is 466 g/mol. The van der Waals surface area contributed by atoms with Gasteiger partial charge in [0.25, 0.3) is 10.2 Å². The van der Waals surface area contributed by atoms with Crippen LogP contribution in [-0.4, -0.2) is 74.8 Å². The molecule has 0 bridgehead atoms. The summed E-state index contributed by atoms with van der Waals surface area (Å²) >= 11 is 1.24. The summed E-state index contributed by atoms with van der Waals surface area (Å²) in [6.45, 7) is 4.55. The Morgan fingerprint density at radius 2 is 2.03 bits per heavy atom. The third-order valence-corrected chi connectivity index (χ3v) is 8.98. The molecule has 2 saturated heterocycles. The number of amides is 1. The minimum absolute atomic E-state index is 0.102. The highest BCUT2D eigenvalue weighted by Gasteiger charge is 2.56. The molecule has 3 atom stereocenters. The Morgan fingerprint density at radius 3 is 2.66 bits per heavy atom. The summed E-state index contributed by atoms with van der Waals surface area (Å²) in [4.78, 5) is 19.5. The zero-order valence-corrected chi connectivity index (χ0v) is 19.3. The van der Waals surface area contributed by atoms with Gasteiger partial charge in [0.05, 0.1) is 24.3 Å². The summed E-state index contributed by atoms with van der Waals surface area (Å²) < 4.78 is 53.7. The smallest absolute Gasteiger partial charge is 0.282 e. The van der Waals surface area contributed by atoms with Crippen molar-refractivity contribution in [3.8, 4) is 0 Å². The van der Waals surface area contributed by atoms with Crippen LogP contribution in [0.4, 0.5) is 5.13 Å². The van der Waals surface area contributed by atoms with Crippen LogP contribution in [0.3, 0.4) is 0 Å². The molecule has 2 aliphatic heterocycles. The van der Waals surface area contributed by atoms with Crippen LogP contribution in [-0.2, 0) is 31.6 Å². The SMILES string of the molecule is CCCN(C)S(=O)(=O)N1CC[C@H]2[C@H]1[C@H](C)C(=O)N2c1ncc(CNS(C)(=O)=O)s1. The standard InChI is InChI=1S/C16H27N5O5S3/c1-5-7-19(3)29(25,26)20-8-6-13-14(20)11(2)15(22)21(13)16-17-9-12(27-16)10-18-28(4,23)24/h9,11,13-14,18H,5-8,10H2,1-4H3/t11-,13-,14+/m0/s1. The Balaban J connectivity index is 1.83. The van der Waals surface area contributed by atoms with E-state index in [1.165, 1.54) is 19.9 Å². The van der Waals surface area contributed by atoms with Gasteiger partial charge >= 0.3 is 0 Å². The van der Waals surface area contributed by atoms with E-state index in [4.69, 9.17) is 0 Å². The summed E-state index contributed by atoms with van der Waals surface area (Å²) in [5, 5.41) is 0.473. The lowest BCUT2D eigenvalue weighted by Crippen LogP contribution is -2.48. The van der Waals surface area contributed by atoms with Crippen molar-refractivity contribution in [2.45, 2.75) is 45.3 Å². The lowest BCUT2D eigenvalue weighted by atomic mass is 10.0. The van der Waals surface area contributed by atoms with Crippen molar-refractivity contribution >= 4 is 42.6 Å². The van der Waals surface area contributed by atoms with Gasteiger partial charge in [-0.3, -0.25) is 9.69 Å². The number of aromatic nitrogens is 1. The Labute approximate surface area is 176 Å². The van der Waals surface area contributed by atoms with Gasteiger partial charge in [-0.15, -0.1) is 11.3 Å². The molecule has 2 fully saturated rings. The van der Waals surface area contributed by atoms with E-state index in [9.17, 15) is 21.6 Å². The molecular weight excluding hydrogens is 438 g/mol. The van der Waals surface area contributed by atoms with Crippen molar-refractivity contribution < 1.29 is 21.6 Å². The van der Waals surface area contributed by atoms with E-state index in [1.54, 1.807) is 25.1 Å². The molecule has 13 heteroatoms. The van der Waals surface area contributed by atoms with Gasteiger partial charge in [0.2, 0.25) is 15.9 Å². The fourth-order valence-corrected chi connectivity index (χ4v) is 7.13. The van der Waals surface area contributed by atoms with Crippen LogP contribution in [0, 0.1) is 5.92 Å². The monoisotopic (exact) mass is 465 g/mol. The number of carbonyl (C=O) groups is 1. The van der Waals surface area contributed by atoms with E-state index in [0.29, 0.717) is 35.9 Å². The van der Waals surface area contributed by atoms with Crippen molar-refractivity contribution in [1.29, 1.82) is 0 Å². The van der Waals surface area contributed by atoms with Crippen LogP contribution in [0.2, 0.25) is 0 Å². The number of nitrogens with zero attached hydrogens (tertiary/aromatic N) is 4. The molecule has 164 valence electrons. The molecule has 1 aromatic heterocycles. The van der Waals surface area contributed by atoms with Crippen molar-refractivity contribution in [1.82, 2.24) is 18.3 Å². The number of fused-ring (bicyclic) bond motifs is 1. The Bertz CT molecular complexity index is 977. The molecule has 0 unspecified atom stereocenters. The normalized spacial score (nSPS) is 25.9. The highest BCUT2D eigenvalue weighted by atomic mass is 32.2.